The maximum atomic E-state index is 12.0. The number of hydrogen-bond donors (Lipinski definition) is 1. The van der Waals surface area contributed by atoms with Crippen molar-refractivity contribution < 1.29 is 0 Å². The molecule has 0 aromatic carbocycles. The maximum absolute atomic E-state index is 12.0. The fourth-order valence-electron chi connectivity index (χ4n) is 2.64. The Morgan fingerprint density at radius 2 is 2.06 bits per heavy atom. The number of nitrogens with two attached hydrogens (primary N) is 1. The molecule has 2 N–H and O–H groups in total. The number of hydrogen-bond acceptors (Lipinski definition) is 2. The van der Waals surface area contributed by atoms with Crippen molar-refractivity contribution >= 4 is 5.69 Å². The average Bonchev–Trinajstić information content (AvgIpc) is 2.79. The summed E-state index contributed by atoms with van der Waals surface area (Å²) < 4.78 is 1.88. The number of nitrogens with zero attached hydrogens (tertiary/aromatic N) is 1. The van der Waals surface area contributed by atoms with E-state index in [2.05, 4.69) is 6.92 Å². The lowest BCUT2D eigenvalue weighted by Gasteiger charge is -2.17. The third-order valence-electron chi connectivity index (χ3n) is 3.46. The molecular formula is C13H20N2O. The van der Waals surface area contributed by atoms with Gasteiger partial charge in [0.15, 0.2) is 0 Å². The largest absolute Gasteiger partial charge is 0.394 e. The van der Waals surface area contributed by atoms with Crippen molar-refractivity contribution in [3.8, 4) is 0 Å². The molecule has 2 rings (SSSR count). The van der Waals surface area contributed by atoms with Gasteiger partial charge < -0.3 is 10.3 Å². The van der Waals surface area contributed by atoms with Crippen LogP contribution in [-0.4, -0.2) is 4.57 Å². The molecule has 0 spiro atoms. The van der Waals surface area contributed by atoms with Crippen LogP contribution in [0.5, 0.6) is 0 Å². The molecule has 0 saturated heterocycles. The molecule has 0 unspecified atom stereocenters. The number of nitrogen functional groups attached to an aromatic ring is 1. The van der Waals surface area contributed by atoms with E-state index in [1.807, 2.05) is 10.6 Å². The van der Waals surface area contributed by atoms with Gasteiger partial charge in [0.25, 0.3) is 5.56 Å². The molecule has 0 aliphatic heterocycles. The van der Waals surface area contributed by atoms with Gasteiger partial charge in [-0.25, -0.2) is 0 Å². The first-order valence-corrected chi connectivity index (χ1v) is 6.23. The zero-order valence-corrected chi connectivity index (χ0v) is 9.91. The summed E-state index contributed by atoms with van der Waals surface area (Å²) in [7, 11) is 0. The number of anilines is 1. The van der Waals surface area contributed by atoms with Crippen molar-refractivity contribution in [3.63, 3.8) is 0 Å². The molecule has 1 heterocycles. The first-order chi connectivity index (χ1) is 7.74. The Balaban J connectivity index is 2.42. The summed E-state index contributed by atoms with van der Waals surface area (Å²) in [5.74, 6) is 0.569. The lowest BCUT2D eigenvalue weighted by Crippen LogP contribution is -2.26. The fraction of sp³-hybridized carbons (Fsp3) is 0.615. The Kier molecular flexibility index (Phi) is 3.32. The smallest absolute Gasteiger partial charge is 0.273 e. The first kappa shape index (κ1) is 11.2. The van der Waals surface area contributed by atoms with Gasteiger partial charge in [0.2, 0.25) is 0 Å². The highest BCUT2D eigenvalue weighted by Gasteiger charge is 2.20. The van der Waals surface area contributed by atoms with Crippen LogP contribution in [0.15, 0.2) is 16.9 Å². The van der Waals surface area contributed by atoms with Crippen LogP contribution in [0.25, 0.3) is 0 Å². The maximum Gasteiger partial charge on any atom is 0.273 e. The summed E-state index contributed by atoms with van der Waals surface area (Å²) in [6.07, 6.45) is 5.98. The molecule has 16 heavy (non-hydrogen) atoms. The molecule has 0 bridgehead atoms. The number of aromatic nitrogens is 1. The molecule has 88 valence electrons. The number of rotatable bonds is 3. The van der Waals surface area contributed by atoms with Crippen LogP contribution in [0.1, 0.15) is 50.6 Å². The number of pyridine rings is 1. The topological polar surface area (TPSA) is 48.0 Å². The van der Waals surface area contributed by atoms with Crippen LogP contribution in [0.4, 0.5) is 5.69 Å². The van der Waals surface area contributed by atoms with Gasteiger partial charge in [-0.15, -0.1) is 0 Å². The summed E-state index contributed by atoms with van der Waals surface area (Å²) in [5, 5.41) is 0. The molecule has 0 atom stereocenters. The monoisotopic (exact) mass is 220 g/mol. The highest BCUT2D eigenvalue weighted by molar-refractivity contribution is 5.36. The van der Waals surface area contributed by atoms with Crippen molar-refractivity contribution in [2.45, 2.75) is 51.5 Å². The molecule has 1 fully saturated rings. The fourth-order valence-corrected chi connectivity index (χ4v) is 2.64. The van der Waals surface area contributed by atoms with Crippen molar-refractivity contribution in [3.05, 3.63) is 28.2 Å². The van der Waals surface area contributed by atoms with Crippen molar-refractivity contribution in [1.82, 2.24) is 4.57 Å². The van der Waals surface area contributed by atoms with Gasteiger partial charge in [-0.05, 0) is 37.3 Å². The quantitative estimate of drug-likeness (QED) is 0.850. The van der Waals surface area contributed by atoms with Gasteiger partial charge in [-0.3, -0.25) is 4.79 Å². The van der Waals surface area contributed by atoms with Crippen LogP contribution in [-0.2, 0) is 6.54 Å². The van der Waals surface area contributed by atoms with Crippen LogP contribution in [0.2, 0.25) is 0 Å². The van der Waals surface area contributed by atoms with Crippen molar-refractivity contribution in [2.24, 2.45) is 0 Å². The van der Waals surface area contributed by atoms with E-state index in [1.54, 1.807) is 6.07 Å². The van der Waals surface area contributed by atoms with E-state index >= 15 is 0 Å². The molecule has 3 heteroatoms. The van der Waals surface area contributed by atoms with E-state index in [1.165, 1.54) is 31.4 Å². The van der Waals surface area contributed by atoms with E-state index in [4.69, 9.17) is 5.73 Å². The predicted octanol–water partition coefficient (Wildman–Crippen LogP) is 2.50. The second-order valence-corrected chi connectivity index (χ2v) is 4.65. The molecule has 1 aromatic heterocycles. The highest BCUT2D eigenvalue weighted by Crippen LogP contribution is 2.33. The van der Waals surface area contributed by atoms with Gasteiger partial charge in [0.1, 0.15) is 0 Å². The molecular weight excluding hydrogens is 200 g/mol. The SMILES string of the molecule is CCCn1c(C2CCCC2)ccc(N)c1=O. The zero-order valence-electron chi connectivity index (χ0n) is 9.91. The summed E-state index contributed by atoms with van der Waals surface area (Å²) >= 11 is 0. The van der Waals surface area contributed by atoms with Gasteiger partial charge in [0.05, 0.1) is 5.69 Å². The average molecular weight is 220 g/mol. The van der Waals surface area contributed by atoms with Gasteiger partial charge in [0, 0.05) is 12.2 Å². The van der Waals surface area contributed by atoms with Gasteiger partial charge in [-0.1, -0.05) is 19.8 Å². The second kappa shape index (κ2) is 4.73. The van der Waals surface area contributed by atoms with E-state index in [0.29, 0.717) is 11.6 Å². The Bertz CT molecular complexity index is 416. The Morgan fingerprint density at radius 3 is 2.69 bits per heavy atom. The molecule has 1 aromatic rings. The first-order valence-electron chi connectivity index (χ1n) is 6.23. The molecule has 3 nitrogen and oxygen atoms in total. The van der Waals surface area contributed by atoms with Gasteiger partial charge >= 0.3 is 0 Å². The molecule has 1 aliphatic rings. The van der Waals surface area contributed by atoms with E-state index in [-0.39, 0.29) is 5.56 Å². The van der Waals surface area contributed by atoms with E-state index in [9.17, 15) is 4.79 Å². The third kappa shape index (κ3) is 1.99. The summed E-state index contributed by atoms with van der Waals surface area (Å²) in [6.45, 7) is 2.88. The summed E-state index contributed by atoms with van der Waals surface area (Å²) in [4.78, 5) is 12.0. The van der Waals surface area contributed by atoms with E-state index in [0.717, 1.165) is 13.0 Å². The normalized spacial score (nSPS) is 16.8. The highest BCUT2D eigenvalue weighted by atomic mass is 16.1. The minimum Gasteiger partial charge on any atom is -0.394 e. The minimum absolute atomic E-state index is 0.00810. The Morgan fingerprint density at radius 1 is 1.38 bits per heavy atom. The zero-order chi connectivity index (χ0) is 11.5. The standard InChI is InChI=1S/C13H20N2O/c1-2-9-15-12(10-5-3-4-6-10)8-7-11(14)13(15)16/h7-8,10H,2-6,9,14H2,1H3. The summed E-state index contributed by atoms with van der Waals surface area (Å²) in [5.41, 5.74) is 7.24. The lowest BCUT2D eigenvalue weighted by molar-refractivity contribution is 0.569. The second-order valence-electron chi connectivity index (χ2n) is 4.65. The van der Waals surface area contributed by atoms with Crippen LogP contribution >= 0.6 is 0 Å². The predicted molar refractivity (Wildman–Crippen MR) is 66.6 cm³/mol. The van der Waals surface area contributed by atoms with Crippen LogP contribution in [0, 0.1) is 0 Å². The summed E-state index contributed by atoms with van der Waals surface area (Å²) in [6, 6.07) is 3.81. The van der Waals surface area contributed by atoms with Crippen molar-refractivity contribution in [1.29, 1.82) is 0 Å². The Hall–Kier alpha value is -1.25. The minimum atomic E-state index is -0.00810. The molecule has 1 saturated carbocycles. The van der Waals surface area contributed by atoms with E-state index < -0.39 is 0 Å². The third-order valence-corrected chi connectivity index (χ3v) is 3.46. The Labute approximate surface area is 96.3 Å². The van der Waals surface area contributed by atoms with Crippen LogP contribution < -0.4 is 11.3 Å². The van der Waals surface area contributed by atoms with Crippen molar-refractivity contribution in [2.75, 3.05) is 5.73 Å². The lowest BCUT2D eigenvalue weighted by atomic mass is 10.0. The van der Waals surface area contributed by atoms with Gasteiger partial charge in [-0.2, -0.15) is 0 Å². The molecule has 1 aliphatic carbocycles. The molecule has 0 amide bonds. The molecule has 0 radical (unpaired) electrons. The van der Waals surface area contributed by atoms with Crippen LogP contribution in [0.3, 0.4) is 0 Å².